The van der Waals surface area contributed by atoms with Crippen molar-refractivity contribution in [3.8, 4) is 0 Å². The maximum absolute atomic E-state index is 10.5. The van der Waals surface area contributed by atoms with E-state index in [2.05, 4.69) is 0 Å². The van der Waals surface area contributed by atoms with E-state index in [0.29, 0.717) is 0 Å². The van der Waals surface area contributed by atoms with E-state index >= 15 is 0 Å². The van der Waals surface area contributed by atoms with Crippen LogP contribution < -0.4 is 0 Å². The number of sulfone groups is 1. The minimum atomic E-state index is -3.29. The van der Waals surface area contributed by atoms with Crippen molar-refractivity contribution in [2.24, 2.45) is 0 Å². The fraction of sp³-hybridized carbons (Fsp3) is 1.00. The number of hydrogen-bond acceptors (Lipinski definition) is 3. The second kappa shape index (κ2) is 2.86. The van der Waals surface area contributed by atoms with Crippen LogP contribution in [0.3, 0.4) is 0 Å². The van der Waals surface area contributed by atoms with Crippen LogP contribution in [0.15, 0.2) is 0 Å². The van der Waals surface area contributed by atoms with Crippen LogP contribution in [0.25, 0.3) is 0 Å². The number of aliphatic hydroxyl groups is 1. The third-order valence-corrected chi connectivity index (χ3v) is 3.34. The van der Waals surface area contributed by atoms with Crippen molar-refractivity contribution in [2.75, 3.05) is 6.26 Å². The molecular weight excluding hydrogens is 164 g/mol. The Bertz CT molecular complexity index is 172. The maximum Gasteiger partial charge on any atom is 0.166 e. The van der Waals surface area contributed by atoms with Crippen LogP contribution in [0.2, 0.25) is 0 Å². The molecule has 0 aliphatic heterocycles. The molecule has 5 heteroatoms. The summed E-state index contributed by atoms with van der Waals surface area (Å²) in [6.07, 6.45) is -0.0288. The maximum atomic E-state index is 10.5. The molecule has 0 unspecified atom stereocenters. The van der Waals surface area contributed by atoms with Crippen molar-refractivity contribution in [1.82, 2.24) is 0 Å². The molecule has 56 valence electrons. The number of alkyl halides is 1. The third-order valence-electron chi connectivity index (χ3n) is 0.788. The lowest BCUT2D eigenvalue weighted by molar-refractivity contribution is 0.208. The van der Waals surface area contributed by atoms with Crippen molar-refractivity contribution in [1.29, 1.82) is 0 Å². The monoisotopic (exact) mass is 172 g/mol. The van der Waals surface area contributed by atoms with Crippen LogP contribution in [-0.4, -0.2) is 30.6 Å². The molecule has 0 saturated heterocycles. The van der Waals surface area contributed by atoms with Crippen molar-refractivity contribution >= 4 is 21.4 Å². The molecule has 0 rings (SSSR count). The highest BCUT2D eigenvalue weighted by atomic mass is 35.5. The summed E-state index contributed by atoms with van der Waals surface area (Å²) in [5.74, 6) is 0. The summed E-state index contributed by atoms with van der Waals surface area (Å²) >= 11 is 5.25. The fourth-order valence-corrected chi connectivity index (χ4v) is 1.07. The van der Waals surface area contributed by atoms with Crippen LogP contribution >= 0.6 is 11.6 Å². The first-order valence-corrected chi connectivity index (χ1v) is 4.76. The van der Waals surface area contributed by atoms with Crippen molar-refractivity contribution < 1.29 is 13.5 Å². The molecule has 3 nitrogen and oxygen atoms in total. The van der Waals surface area contributed by atoms with E-state index < -0.39 is 20.7 Å². The van der Waals surface area contributed by atoms with E-state index in [1.54, 1.807) is 0 Å². The molecule has 0 radical (unpaired) electrons. The van der Waals surface area contributed by atoms with Gasteiger partial charge in [0.2, 0.25) is 0 Å². The Kier molecular flexibility index (Phi) is 2.92. The van der Waals surface area contributed by atoms with Gasteiger partial charge in [0.25, 0.3) is 0 Å². The molecular formula is C4H9ClO3S. The van der Waals surface area contributed by atoms with Gasteiger partial charge in [-0.1, -0.05) is 0 Å². The summed E-state index contributed by atoms with van der Waals surface area (Å²) in [7, 11) is -3.29. The molecule has 0 heterocycles. The van der Waals surface area contributed by atoms with Gasteiger partial charge in [-0.25, -0.2) is 8.42 Å². The quantitative estimate of drug-likeness (QED) is 0.596. The average Bonchev–Trinajstić information content (AvgIpc) is 1.62. The summed E-state index contributed by atoms with van der Waals surface area (Å²) < 4.78 is 19.8. The van der Waals surface area contributed by atoms with Crippen LogP contribution in [-0.2, 0) is 9.84 Å². The Balaban J connectivity index is 4.24. The van der Waals surface area contributed by atoms with Gasteiger partial charge in [0.15, 0.2) is 14.5 Å². The van der Waals surface area contributed by atoms with Gasteiger partial charge in [-0.2, -0.15) is 0 Å². The minimum Gasteiger partial charge on any atom is -0.391 e. The SMILES string of the molecule is C[C@H](O)[C@H](Cl)S(C)(=O)=O. The predicted molar refractivity (Wildman–Crippen MR) is 36.2 cm³/mol. The Morgan fingerprint density at radius 2 is 1.89 bits per heavy atom. The van der Waals surface area contributed by atoms with Gasteiger partial charge < -0.3 is 5.11 Å². The standard InChI is InChI=1S/C4H9ClO3S/c1-3(6)4(5)9(2,7)8/h3-4,6H,1-2H3/t3-,4+/m0/s1. The van der Waals surface area contributed by atoms with E-state index in [-0.39, 0.29) is 0 Å². The summed E-state index contributed by atoms with van der Waals surface area (Å²) in [6.45, 7) is 1.33. The highest BCUT2D eigenvalue weighted by molar-refractivity contribution is 7.92. The Morgan fingerprint density at radius 3 is 1.89 bits per heavy atom. The lowest BCUT2D eigenvalue weighted by Crippen LogP contribution is -2.25. The fourth-order valence-electron chi connectivity index (χ4n) is 0.358. The third kappa shape index (κ3) is 3.03. The summed E-state index contributed by atoms with van der Waals surface area (Å²) in [6, 6.07) is 0. The van der Waals surface area contributed by atoms with Gasteiger partial charge in [0.05, 0.1) is 6.10 Å². The molecule has 1 N–H and O–H groups in total. The molecule has 0 aliphatic rings. The summed E-state index contributed by atoms with van der Waals surface area (Å²) in [5.41, 5.74) is 0. The first kappa shape index (κ1) is 9.20. The molecule has 0 spiro atoms. The first-order chi connectivity index (χ1) is 3.85. The Labute approximate surface area is 59.6 Å². The van der Waals surface area contributed by atoms with E-state index in [1.807, 2.05) is 0 Å². The van der Waals surface area contributed by atoms with Crippen LogP contribution in [0.5, 0.6) is 0 Å². The number of aliphatic hydroxyl groups excluding tert-OH is 1. The van der Waals surface area contributed by atoms with Crippen LogP contribution in [0.4, 0.5) is 0 Å². The van der Waals surface area contributed by atoms with Gasteiger partial charge in [-0.05, 0) is 6.92 Å². The van der Waals surface area contributed by atoms with E-state index in [4.69, 9.17) is 16.7 Å². The van der Waals surface area contributed by atoms with E-state index in [1.165, 1.54) is 6.92 Å². The average molecular weight is 173 g/mol. The lowest BCUT2D eigenvalue weighted by atomic mass is 10.5. The van der Waals surface area contributed by atoms with E-state index in [9.17, 15) is 8.42 Å². The second-order valence-electron chi connectivity index (χ2n) is 1.92. The molecule has 0 aromatic carbocycles. The van der Waals surface area contributed by atoms with Crippen LogP contribution in [0.1, 0.15) is 6.92 Å². The molecule has 2 atom stereocenters. The normalized spacial score (nSPS) is 19.1. The van der Waals surface area contributed by atoms with Gasteiger partial charge in [0, 0.05) is 6.26 Å². The molecule has 0 saturated carbocycles. The summed E-state index contributed by atoms with van der Waals surface area (Å²) in [5, 5.41) is 8.65. The topological polar surface area (TPSA) is 54.4 Å². The minimum absolute atomic E-state index is 0.984. The molecule has 0 amide bonds. The zero-order valence-electron chi connectivity index (χ0n) is 5.20. The van der Waals surface area contributed by atoms with Gasteiger partial charge in [-0.15, -0.1) is 11.6 Å². The van der Waals surface area contributed by atoms with Gasteiger partial charge in [0.1, 0.15) is 0 Å². The highest BCUT2D eigenvalue weighted by Crippen LogP contribution is 2.08. The smallest absolute Gasteiger partial charge is 0.166 e. The Hall–Kier alpha value is 0.200. The molecule has 0 aromatic heterocycles. The highest BCUT2D eigenvalue weighted by Gasteiger charge is 2.22. The molecule has 9 heavy (non-hydrogen) atoms. The zero-order valence-corrected chi connectivity index (χ0v) is 6.78. The van der Waals surface area contributed by atoms with Crippen molar-refractivity contribution in [2.45, 2.75) is 17.7 Å². The largest absolute Gasteiger partial charge is 0.391 e. The van der Waals surface area contributed by atoms with Gasteiger partial charge in [-0.3, -0.25) is 0 Å². The predicted octanol–water partition coefficient (Wildman–Crippen LogP) is -0.0233. The van der Waals surface area contributed by atoms with Crippen molar-refractivity contribution in [3.63, 3.8) is 0 Å². The molecule has 0 fully saturated rings. The first-order valence-electron chi connectivity index (χ1n) is 2.36. The van der Waals surface area contributed by atoms with E-state index in [0.717, 1.165) is 6.26 Å². The molecule has 0 aliphatic carbocycles. The second-order valence-corrected chi connectivity index (χ2v) is 4.82. The van der Waals surface area contributed by atoms with Crippen LogP contribution in [0, 0.1) is 0 Å². The number of halogens is 1. The molecule has 0 bridgehead atoms. The number of rotatable bonds is 2. The lowest BCUT2D eigenvalue weighted by Gasteiger charge is -2.08. The van der Waals surface area contributed by atoms with Crippen molar-refractivity contribution in [3.05, 3.63) is 0 Å². The number of hydrogen-bond donors (Lipinski definition) is 1. The van der Waals surface area contributed by atoms with Gasteiger partial charge >= 0.3 is 0 Å². The molecule has 0 aromatic rings. The summed E-state index contributed by atoms with van der Waals surface area (Å²) in [4.78, 5) is 0. The Morgan fingerprint density at radius 1 is 1.56 bits per heavy atom. The zero-order chi connectivity index (χ0) is 7.65.